The molecule has 0 aliphatic heterocycles. The molecule has 0 radical (unpaired) electrons. The van der Waals surface area contributed by atoms with E-state index in [2.05, 4.69) is 5.32 Å². The van der Waals surface area contributed by atoms with Crippen LogP contribution >= 0.6 is 0 Å². The van der Waals surface area contributed by atoms with E-state index in [-0.39, 0.29) is 12.6 Å². The van der Waals surface area contributed by atoms with Crippen LogP contribution in [0.3, 0.4) is 0 Å². The Morgan fingerprint density at radius 1 is 1.40 bits per heavy atom. The number of carboxylic acid groups (broad SMARTS) is 1. The molecule has 15 heavy (non-hydrogen) atoms. The van der Waals surface area contributed by atoms with E-state index in [1.54, 1.807) is 13.8 Å². The van der Waals surface area contributed by atoms with E-state index in [1.807, 2.05) is 0 Å². The van der Waals surface area contributed by atoms with Crippen LogP contribution in [0.15, 0.2) is 0 Å². The lowest BCUT2D eigenvalue weighted by molar-refractivity contribution is -0.135. The number of carboxylic acids is 1. The van der Waals surface area contributed by atoms with Crippen LogP contribution in [0.1, 0.15) is 13.8 Å². The molecule has 0 saturated carbocycles. The van der Waals surface area contributed by atoms with Crippen molar-refractivity contribution in [1.82, 2.24) is 10.2 Å². The molecule has 0 heterocycles. The van der Waals surface area contributed by atoms with Crippen molar-refractivity contribution >= 4 is 17.9 Å². The molecule has 7 nitrogen and oxygen atoms in total. The first-order valence-electron chi connectivity index (χ1n) is 4.39. The summed E-state index contributed by atoms with van der Waals surface area (Å²) >= 11 is 0. The maximum absolute atomic E-state index is 11.4. The van der Waals surface area contributed by atoms with Crippen molar-refractivity contribution < 1.29 is 19.5 Å². The minimum Gasteiger partial charge on any atom is -0.480 e. The number of rotatable bonds is 5. The molecule has 0 aliphatic rings. The summed E-state index contributed by atoms with van der Waals surface area (Å²) in [5.74, 6) is -1.79. The lowest BCUT2D eigenvalue weighted by Gasteiger charge is -2.25. The molecule has 0 unspecified atom stereocenters. The van der Waals surface area contributed by atoms with Crippen molar-refractivity contribution in [3.63, 3.8) is 0 Å². The fraction of sp³-hybridized carbons (Fsp3) is 0.625. The minimum absolute atomic E-state index is 0.230. The van der Waals surface area contributed by atoms with Crippen LogP contribution in [0, 0.1) is 0 Å². The molecular formula is C8H15N3O4. The number of aliphatic carboxylic acids is 1. The SMILES string of the molecule is CC(C)N(CC(N)=O)C(=O)NCC(=O)O. The maximum Gasteiger partial charge on any atom is 0.323 e. The van der Waals surface area contributed by atoms with Crippen LogP contribution < -0.4 is 11.1 Å². The van der Waals surface area contributed by atoms with Crippen molar-refractivity contribution in [2.24, 2.45) is 5.73 Å². The van der Waals surface area contributed by atoms with Gasteiger partial charge in [0.25, 0.3) is 0 Å². The predicted octanol–water partition coefficient (Wildman–Crippen LogP) is -1.02. The number of nitrogens with two attached hydrogens (primary N) is 1. The highest BCUT2D eigenvalue weighted by atomic mass is 16.4. The maximum atomic E-state index is 11.4. The molecule has 0 spiro atoms. The van der Waals surface area contributed by atoms with Crippen LogP contribution in [0.5, 0.6) is 0 Å². The molecule has 0 aliphatic carbocycles. The number of carbonyl (C=O) groups excluding carboxylic acids is 2. The summed E-state index contributed by atoms with van der Waals surface area (Å²) < 4.78 is 0. The van der Waals surface area contributed by atoms with Gasteiger partial charge >= 0.3 is 12.0 Å². The van der Waals surface area contributed by atoms with Crippen molar-refractivity contribution in [2.75, 3.05) is 13.1 Å². The smallest absolute Gasteiger partial charge is 0.323 e. The average Bonchev–Trinajstić information content (AvgIpc) is 2.09. The van der Waals surface area contributed by atoms with E-state index in [0.29, 0.717) is 0 Å². The van der Waals surface area contributed by atoms with Crippen LogP contribution in [0.25, 0.3) is 0 Å². The van der Waals surface area contributed by atoms with Crippen LogP contribution in [0.2, 0.25) is 0 Å². The van der Waals surface area contributed by atoms with Gasteiger partial charge < -0.3 is 21.1 Å². The number of nitrogens with zero attached hydrogens (tertiary/aromatic N) is 1. The van der Waals surface area contributed by atoms with Gasteiger partial charge in [0.1, 0.15) is 13.1 Å². The Hall–Kier alpha value is -1.79. The molecule has 0 bridgehead atoms. The number of nitrogens with one attached hydrogen (secondary N) is 1. The van der Waals surface area contributed by atoms with Gasteiger partial charge in [0, 0.05) is 6.04 Å². The largest absolute Gasteiger partial charge is 0.480 e. The second-order valence-electron chi connectivity index (χ2n) is 3.24. The van der Waals surface area contributed by atoms with Gasteiger partial charge in [0.2, 0.25) is 5.91 Å². The Morgan fingerprint density at radius 3 is 2.27 bits per heavy atom. The Bertz CT molecular complexity index is 265. The summed E-state index contributed by atoms with van der Waals surface area (Å²) in [5, 5.41) is 10.5. The lowest BCUT2D eigenvalue weighted by atomic mass is 10.3. The van der Waals surface area contributed by atoms with Gasteiger partial charge in [-0.2, -0.15) is 0 Å². The molecule has 0 aromatic carbocycles. The van der Waals surface area contributed by atoms with E-state index in [4.69, 9.17) is 10.8 Å². The van der Waals surface area contributed by atoms with Gasteiger partial charge in [-0.3, -0.25) is 9.59 Å². The molecule has 0 aromatic heterocycles. The van der Waals surface area contributed by atoms with Crippen molar-refractivity contribution in [3.8, 4) is 0 Å². The normalized spacial score (nSPS) is 9.80. The predicted molar refractivity (Wildman–Crippen MR) is 52.1 cm³/mol. The second-order valence-corrected chi connectivity index (χ2v) is 3.24. The molecule has 0 saturated heterocycles. The first kappa shape index (κ1) is 13.2. The van der Waals surface area contributed by atoms with Crippen LogP contribution in [-0.2, 0) is 9.59 Å². The first-order valence-corrected chi connectivity index (χ1v) is 4.39. The molecule has 7 heteroatoms. The summed E-state index contributed by atoms with van der Waals surface area (Å²) in [6, 6.07) is -0.850. The molecule has 4 N–H and O–H groups in total. The summed E-state index contributed by atoms with van der Waals surface area (Å²) in [5.41, 5.74) is 4.95. The van der Waals surface area contributed by atoms with Gasteiger partial charge in [0.15, 0.2) is 0 Å². The minimum atomic E-state index is -1.15. The third-order valence-corrected chi connectivity index (χ3v) is 1.60. The lowest BCUT2D eigenvalue weighted by Crippen LogP contribution is -2.48. The number of hydrogen-bond donors (Lipinski definition) is 3. The number of urea groups is 1. The number of amides is 3. The van der Waals surface area contributed by atoms with Gasteiger partial charge in [-0.25, -0.2) is 4.79 Å². The van der Waals surface area contributed by atoms with E-state index >= 15 is 0 Å². The Labute approximate surface area is 87.2 Å². The zero-order valence-corrected chi connectivity index (χ0v) is 8.69. The molecule has 0 rings (SSSR count). The number of carbonyl (C=O) groups is 3. The van der Waals surface area contributed by atoms with Gasteiger partial charge in [-0.1, -0.05) is 0 Å². The molecule has 0 aromatic rings. The Balaban J connectivity index is 4.29. The monoisotopic (exact) mass is 217 g/mol. The summed E-state index contributed by atoms with van der Waals surface area (Å²) in [7, 11) is 0. The highest BCUT2D eigenvalue weighted by Gasteiger charge is 2.18. The van der Waals surface area contributed by atoms with E-state index < -0.39 is 24.5 Å². The van der Waals surface area contributed by atoms with Gasteiger partial charge in [-0.05, 0) is 13.8 Å². The number of primary amides is 1. The summed E-state index contributed by atoms with van der Waals surface area (Å²) in [4.78, 5) is 33.4. The standard InChI is InChI=1S/C8H15N3O4/c1-5(2)11(4-6(9)12)8(15)10-3-7(13)14/h5H,3-4H2,1-2H3,(H2,9,12)(H,10,15)(H,13,14). The highest BCUT2D eigenvalue weighted by Crippen LogP contribution is 1.97. The second kappa shape index (κ2) is 5.84. The zero-order chi connectivity index (χ0) is 12.0. The third kappa shape index (κ3) is 5.50. The van der Waals surface area contributed by atoms with Gasteiger partial charge in [-0.15, -0.1) is 0 Å². The van der Waals surface area contributed by atoms with E-state index in [0.717, 1.165) is 4.90 Å². The van der Waals surface area contributed by atoms with Gasteiger partial charge in [0.05, 0.1) is 0 Å². The van der Waals surface area contributed by atoms with Crippen molar-refractivity contribution in [1.29, 1.82) is 0 Å². The van der Waals surface area contributed by atoms with E-state index in [1.165, 1.54) is 0 Å². The molecule has 0 fully saturated rings. The Morgan fingerprint density at radius 2 is 1.93 bits per heavy atom. The molecule has 86 valence electrons. The van der Waals surface area contributed by atoms with Crippen LogP contribution in [-0.4, -0.2) is 47.0 Å². The van der Waals surface area contributed by atoms with Crippen LogP contribution in [0.4, 0.5) is 4.79 Å². The zero-order valence-electron chi connectivity index (χ0n) is 8.69. The fourth-order valence-electron chi connectivity index (χ4n) is 0.910. The highest BCUT2D eigenvalue weighted by molar-refractivity contribution is 5.85. The first-order chi connectivity index (χ1) is 6.84. The van der Waals surface area contributed by atoms with E-state index in [9.17, 15) is 14.4 Å². The Kier molecular flexibility index (Phi) is 5.14. The number of hydrogen-bond acceptors (Lipinski definition) is 3. The van der Waals surface area contributed by atoms with Crippen molar-refractivity contribution in [3.05, 3.63) is 0 Å². The summed E-state index contributed by atoms with van der Waals surface area (Å²) in [6.07, 6.45) is 0. The molecule has 3 amide bonds. The fourth-order valence-corrected chi connectivity index (χ4v) is 0.910. The van der Waals surface area contributed by atoms with Crippen molar-refractivity contribution in [2.45, 2.75) is 19.9 Å². The quantitative estimate of drug-likeness (QED) is 0.546. The topological polar surface area (TPSA) is 113 Å². The molecule has 0 atom stereocenters. The summed E-state index contributed by atoms with van der Waals surface area (Å²) in [6.45, 7) is 2.68. The average molecular weight is 217 g/mol. The molecular weight excluding hydrogens is 202 g/mol. The third-order valence-electron chi connectivity index (χ3n) is 1.60.